The lowest BCUT2D eigenvalue weighted by atomic mass is 10.3. The van der Waals surface area contributed by atoms with Gasteiger partial charge in [-0.1, -0.05) is 12.1 Å². The summed E-state index contributed by atoms with van der Waals surface area (Å²) < 4.78 is 1.58. The molecule has 0 saturated heterocycles. The molecular formula is C16H11N7O2. The van der Waals surface area contributed by atoms with Crippen LogP contribution in [-0.2, 0) is 0 Å². The lowest BCUT2D eigenvalue weighted by molar-refractivity contribution is -0.384. The van der Waals surface area contributed by atoms with E-state index in [9.17, 15) is 10.1 Å². The Morgan fingerprint density at radius 1 is 1.04 bits per heavy atom. The number of hydrogen-bond acceptors (Lipinski definition) is 7. The number of para-hydroxylation sites is 2. The summed E-state index contributed by atoms with van der Waals surface area (Å²) in [7, 11) is 0. The second-order valence-corrected chi connectivity index (χ2v) is 5.12. The Bertz CT molecular complexity index is 1060. The molecule has 4 rings (SSSR count). The van der Waals surface area contributed by atoms with Crippen molar-refractivity contribution in [2.24, 2.45) is 0 Å². The van der Waals surface area contributed by atoms with Crippen LogP contribution in [0.25, 0.3) is 16.9 Å². The standard InChI is InChI=1S/C16H11N7O2/c24-23(25)14-15(21-11-5-7-17-8-6-11)18-9-19-16(14)22-10-20-12-3-1-2-4-13(12)22/h1-10H,(H,17,18,19,21). The van der Waals surface area contributed by atoms with Crippen LogP contribution in [0.3, 0.4) is 0 Å². The number of nitro groups is 1. The molecule has 0 aliphatic rings. The molecule has 0 fully saturated rings. The maximum absolute atomic E-state index is 11.7. The Labute approximate surface area is 141 Å². The summed E-state index contributed by atoms with van der Waals surface area (Å²) in [6.45, 7) is 0. The molecule has 9 nitrogen and oxygen atoms in total. The molecule has 9 heteroatoms. The molecule has 0 atom stereocenters. The van der Waals surface area contributed by atoms with E-state index in [-0.39, 0.29) is 17.3 Å². The molecule has 0 amide bonds. The fraction of sp³-hybridized carbons (Fsp3) is 0. The molecule has 0 bridgehead atoms. The Kier molecular flexibility index (Phi) is 3.51. The van der Waals surface area contributed by atoms with Gasteiger partial charge in [0.1, 0.15) is 12.7 Å². The molecule has 0 spiro atoms. The fourth-order valence-corrected chi connectivity index (χ4v) is 2.51. The quantitative estimate of drug-likeness (QED) is 0.451. The topological polar surface area (TPSA) is 112 Å². The molecule has 1 aromatic carbocycles. The van der Waals surface area contributed by atoms with Gasteiger partial charge in [-0.2, -0.15) is 0 Å². The van der Waals surface area contributed by atoms with Crippen molar-refractivity contribution in [1.29, 1.82) is 0 Å². The van der Waals surface area contributed by atoms with E-state index in [1.165, 1.54) is 12.7 Å². The van der Waals surface area contributed by atoms with Gasteiger partial charge in [0.25, 0.3) is 0 Å². The van der Waals surface area contributed by atoms with E-state index < -0.39 is 4.92 Å². The maximum Gasteiger partial charge on any atom is 0.354 e. The molecule has 1 N–H and O–H groups in total. The Morgan fingerprint density at radius 3 is 2.64 bits per heavy atom. The number of nitrogens with one attached hydrogen (secondary N) is 1. The number of hydrogen-bond donors (Lipinski definition) is 1. The number of benzene rings is 1. The van der Waals surface area contributed by atoms with E-state index in [1.807, 2.05) is 24.3 Å². The number of pyridine rings is 1. The van der Waals surface area contributed by atoms with Crippen molar-refractivity contribution in [3.05, 3.63) is 71.6 Å². The number of nitrogens with zero attached hydrogens (tertiary/aromatic N) is 6. The molecule has 0 saturated carbocycles. The van der Waals surface area contributed by atoms with Gasteiger partial charge >= 0.3 is 5.69 Å². The largest absolute Gasteiger partial charge is 0.354 e. The molecule has 0 aliphatic heterocycles. The SMILES string of the molecule is O=[N+]([O-])c1c(Nc2ccncc2)ncnc1-n1cnc2ccccc21. The highest BCUT2D eigenvalue weighted by molar-refractivity contribution is 5.79. The summed E-state index contributed by atoms with van der Waals surface area (Å²) in [5, 5.41) is 14.6. The van der Waals surface area contributed by atoms with Crippen molar-refractivity contribution >= 4 is 28.2 Å². The van der Waals surface area contributed by atoms with E-state index in [4.69, 9.17) is 0 Å². The van der Waals surface area contributed by atoms with Crippen LogP contribution < -0.4 is 5.32 Å². The summed E-state index contributed by atoms with van der Waals surface area (Å²) in [4.78, 5) is 27.5. The number of imidazole rings is 1. The van der Waals surface area contributed by atoms with Gasteiger partial charge in [0, 0.05) is 18.1 Å². The average molecular weight is 333 g/mol. The molecular weight excluding hydrogens is 322 g/mol. The monoisotopic (exact) mass is 333 g/mol. The minimum Gasteiger partial charge on any atom is -0.334 e. The predicted molar refractivity (Wildman–Crippen MR) is 90.8 cm³/mol. The molecule has 4 aromatic rings. The molecule has 25 heavy (non-hydrogen) atoms. The van der Waals surface area contributed by atoms with Gasteiger partial charge in [-0.3, -0.25) is 19.7 Å². The number of rotatable bonds is 4. The molecule has 3 heterocycles. The first-order valence-corrected chi connectivity index (χ1v) is 7.33. The van der Waals surface area contributed by atoms with Crippen LogP contribution >= 0.6 is 0 Å². The highest BCUT2D eigenvalue weighted by Crippen LogP contribution is 2.31. The average Bonchev–Trinajstić information content (AvgIpc) is 3.06. The van der Waals surface area contributed by atoms with Crippen LogP contribution in [-0.4, -0.2) is 29.4 Å². The van der Waals surface area contributed by atoms with E-state index in [0.717, 1.165) is 11.0 Å². The van der Waals surface area contributed by atoms with Gasteiger partial charge < -0.3 is 5.32 Å². The number of fused-ring (bicyclic) bond motifs is 1. The lowest BCUT2D eigenvalue weighted by Gasteiger charge is -2.09. The predicted octanol–water partition coefficient (Wildman–Crippen LogP) is 2.86. The number of aromatic nitrogens is 5. The zero-order chi connectivity index (χ0) is 17.2. The number of anilines is 2. The summed E-state index contributed by atoms with van der Waals surface area (Å²) in [6, 6.07) is 10.7. The third-order valence-electron chi connectivity index (χ3n) is 3.61. The van der Waals surface area contributed by atoms with Crippen LogP contribution in [0.1, 0.15) is 0 Å². The van der Waals surface area contributed by atoms with Crippen molar-refractivity contribution < 1.29 is 4.92 Å². The molecule has 0 aliphatic carbocycles. The summed E-state index contributed by atoms with van der Waals surface area (Å²) in [5.41, 5.74) is 1.85. The Hall–Kier alpha value is -3.88. The first-order chi connectivity index (χ1) is 12.2. The summed E-state index contributed by atoms with van der Waals surface area (Å²) >= 11 is 0. The van der Waals surface area contributed by atoms with Crippen molar-refractivity contribution in [1.82, 2.24) is 24.5 Å². The lowest BCUT2D eigenvalue weighted by Crippen LogP contribution is -2.07. The van der Waals surface area contributed by atoms with Gasteiger partial charge in [0.15, 0.2) is 0 Å². The third-order valence-corrected chi connectivity index (χ3v) is 3.61. The highest BCUT2D eigenvalue weighted by atomic mass is 16.6. The first-order valence-electron chi connectivity index (χ1n) is 7.33. The summed E-state index contributed by atoms with van der Waals surface area (Å²) in [6.07, 6.45) is 5.95. The smallest absolute Gasteiger partial charge is 0.334 e. The van der Waals surface area contributed by atoms with Crippen molar-refractivity contribution in [3.8, 4) is 5.82 Å². The fourth-order valence-electron chi connectivity index (χ4n) is 2.51. The second kappa shape index (κ2) is 5.96. The highest BCUT2D eigenvalue weighted by Gasteiger charge is 2.25. The van der Waals surface area contributed by atoms with Crippen LogP contribution in [0.15, 0.2) is 61.4 Å². The first kappa shape index (κ1) is 14.7. The van der Waals surface area contributed by atoms with Gasteiger partial charge in [-0.05, 0) is 24.3 Å². The van der Waals surface area contributed by atoms with Gasteiger partial charge in [0.2, 0.25) is 11.6 Å². The van der Waals surface area contributed by atoms with Crippen LogP contribution in [0.5, 0.6) is 0 Å². The normalized spacial score (nSPS) is 10.7. The van der Waals surface area contributed by atoms with E-state index in [1.54, 1.807) is 29.1 Å². The van der Waals surface area contributed by atoms with Crippen molar-refractivity contribution in [2.45, 2.75) is 0 Å². The van der Waals surface area contributed by atoms with Gasteiger partial charge in [0.05, 0.1) is 16.0 Å². The minimum absolute atomic E-state index is 0.0963. The second-order valence-electron chi connectivity index (χ2n) is 5.12. The minimum atomic E-state index is -0.506. The Morgan fingerprint density at radius 2 is 1.84 bits per heavy atom. The van der Waals surface area contributed by atoms with Crippen LogP contribution in [0, 0.1) is 10.1 Å². The zero-order valence-electron chi connectivity index (χ0n) is 12.8. The van der Waals surface area contributed by atoms with Gasteiger partial charge in [-0.15, -0.1) is 0 Å². The van der Waals surface area contributed by atoms with Crippen molar-refractivity contribution in [3.63, 3.8) is 0 Å². The maximum atomic E-state index is 11.7. The molecule has 0 unspecified atom stereocenters. The van der Waals surface area contributed by atoms with E-state index >= 15 is 0 Å². The van der Waals surface area contributed by atoms with Crippen molar-refractivity contribution in [2.75, 3.05) is 5.32 Å². The molecule has 122 valence electrons. The molecule has 3 aromatic heterocycles. The van der Waals surface area contributed by atoms with E-state index in [0.29, 0.717) is 5.69 Å². The van der Waals surface area contributed by atoms with Crippen LogP contribution in [0.4, 0.5) is 17.2 Å². The van der Waals surface area contributed by atoms with Crippen LogP contribution in [0.2, 0.25) is 0 Å². The Balaban J connectivity index is 1.89. The molecule has 0 radical (unpaired) electrons. The van der Waals surface area contributed by atoms with Gasteiger partial charge in [-0.25, -0.2) is 15.0 Å². The van der Waals surface area contributed by atoms with E-state index in [2.05, 4.69) is 25.3 Å². The third kappa shape index (κ3) is 2.63. The summed E-state index contributed by atoms with van der Waals surface area (Å²) in [5.74, 6) is 0.240. The zero-order valence-corrected chi connectivity index (χ0v) is 12.8.